The van der Waals surface area contributed by atoms with Crippen LogP contribution in [0.15, 0.2) is 24.3 Å². The van der Waals surface area contributed by atoms with Crippen LogP contribution < -0.4 is 5.32 Å². The van der Waals surface area contributed by atoms with Crippen molar-refractivity contribution < 1.29 is 9.90 Å². The van der Waals surface area contributed by atoms with Crippen molar-refractivity contribution in [1.82, 2.24) is 5.32 Å². The van der Waals surface area contributed by atoms with Crippen LogP contribution in [0.1, 0.15) is 38.2 Å². The number of carbonyl (C=O) groups is 1. The number of para-hydroxylation sites is 1. The maximum Gasteiger partial charge on any atom is 0.224 e. The van der Waals surface area contributed by atoms with Gasteiger partial charge in [-0.05, 0) is 37.7 Å². The largest absolute Gasteiger partial charge is 0.508 e. The highest BCUT2D eigenvalue weighted by Crippen LogP contribution is 2.23. The fourth-order valence-electron chi connectivity index (χ4n) is 2.52. The van der Waals surface area contributed by atoms with Crippen molar-refractivity contribution in [2.45, 2.75) is 45.1 Å². The predicted molar refractivity (Wildman–Crippen MR) is 71.4 cm³/mol. The van der Waals surface area contributed by atoms with E-state index < -0.39 is 0 Å². The van der Waals surface area contributed by atoms with Crippen molar-refractivity contribution in [3.63, 3.8) is 0 Å². The van der Waals surface area contributed by atoms with E-state index in [1.54, 1.807) is 18.2 Å². The minimum atomic E-state index is 0.0102. The van der Waals surface area contributed by atoms with Crippen molar-refractivity contribution >= 4 is 5.91 Å². The molecule has 0 spiro atoms. The van der Waals surface area contributed by atoms with Gasteiger partial charge in [0.2, 0.25) is 5.91 Å². The van der Waals surface area contributed by atoms with E-state index >= 15 is 0 Å². The Morgan fingerprint density at radius 2 is 1.94 bits per heavy atom. The van der Waals surface area contributed by atoms with E-state index in [-0.39, 0.29) is 18.1 Å². The van der Waals surface area contributed by atoms with Gasteiger partial charge in [-0.1, -0.05) is 25.1 Å². The average molecular weight is 247 g/mol. The molecule has 0 bridgehead atoms. The third-order valence-corrected chi connectivity index (χ3v) is 3.72. The summed E-state index contributed by atoms with van der Waals surface area (Å²) in [6, 6.07) is 7.33. The zero-order chi connectivity index (χ0) is 13.0. The molecule has 0 heterocycles. The molecular formula is C15H21NO2. The number of carbonyl (C=O) groups excluding carboxylic acids is 1. The minimum Gasteiger partial charge on any atom is -0.508 e. The normalized spacial score (nSPS) is 23.6. The van der Waals surface area contributed by atoms with E-state index in [0.29, 0.717) is 11.6 Å². The van der Waals surface area contributed by atoms with Crippen molar-refractivity contribution in [2.75, 3.05) is 0 Å². The summed E-state index contributed by atoms with van der Waals surface area (Å²) in [7, 11) is 0. The standard InChI is InChI=1S/C15H21NO2/c1-11-6-8-13(9-7-11)16-15(18)10-12-4-2-3-5-14(12)17/h2-5,11,13,17H,6-10H2,1H3,(H,16,18). The Bertz CT molecular complexity index is 409. The Hall–Kier alpha value is -1.51. The van der Waals surface area contributed by atoms with Crippen LogP contribution >= 0.6 is 0 Å². The third-order valence-electron chi connectivity index (χ3n) is 3.72. The molecule has 98 valence electrons. The molecule has 18 heavy (non-hydrogen) atoms. The molecule has 0 atom stereocenters. The van der Waals surface area contributed by atoms with Crippen molar-refractivity contribution in [1.29, 1.82) is 0 Å². The number of hydrogen-bond acceptors (Lipinski definition) is 2. The second kappa shape index (κ2) is 5.89. The first-order valence-corrected chi connectivity index (χ1v) is 6.71. The van der Waals surface area contributed by atoms with Gasteiger partial charge in [0.1, 0.15) is 5.75 Å². The van der Waals surface area contributed by atoms with Gasteiger partial charge in [0.25, 0.3) is 0 Å². The summed E-state index contributed by atoms with van der Waals surface area (Å²) in [6.45, 7) is 2.26. The average Bonchev–Trinajstić information content (AvgIpc) is 2.35. The van der Waals surface area contributed by atoms with Crippen LogP contribution in [0, 0.1) is 5.92 Å². The lowest BCUT2D eigenvalue weighted by Crippen LogP contribution is -2.38. The van der Waals surface area contributed by atoms with E-state index in [0.717, 1.165) is 18.8 Å². The summed E-state index contributed by atoms with van der Waals surface area (Å²) in [4.78, 5) is 11.9. The van der Waals surface area contributed by atoms with Gasteiger partial charge in [-0.25, -0.2) is 0 Å². The molecule has 3 nitrogen and oxygen atoms in total. The number of amides is 1. The number of rotatable bonds is 3. The summed E-state index contributed by atoms with van der Waals surface area (Å²) in [5, 5.41) is 12.7. The van der Waals surface area contributed by atoms with Gasteiger partial charge in [0.15, 0.2) is 0 Å². The quantitative estimate of drug-likeness (QED) is 0.862. The molecule has 1 aliphatic carbocycles. The number of aromatic hydroxyl groups is 1. The SMILES string of the molecule is CC1CCC(NC(=O)Cc2ccccc2O)CC1. The molecule has 0 radical (unpaired) electrons. The van der Waals surface area contributed by atoms with Crippen LogP contribution in [0.4, 0.5) is 0 Å². The van der Waals surface area contributed by atoms with Gasteiger partial charge in [-0.3, -0.25) is 4.79 Å². The van der Waals surface area contributed by atoms with Gasteiger partial charge in [-0.15, -0.1) is 0 Å². The number of phenols is 1. The van der Waals surface area contributed by atoms with Gasteiger partial charge in [0.05, 0.1) is 6.42 Å². The highest BCUT2D eigenvalue weighted by atomic mass is 16.3. The molecule has 1 fully saturated rings. The van der Waals surface area contributed by atoms with E-state index in [9.17, 15) is 9.90 Å². The summed E-state index contributed by atoms with van der Waals surface area (Å²) < 4.78 is 0. The van der Waals surface area contributed by atoms with Crippen LogP contribution in [-0.2, 0) is 11.2 Å². The van der Waals surface area contributed by atoms with Crippen molar-refractivity contribution in [2.24, 2.45) is 5.92 Å². The number of benzene rings is 1. The first-order chi connectivity index (χ1) is 8.65. The molecule has 0 saturated heterocycles. The molecule has 1 amide bonds. The lowest BCUT2D eigenvalue weighted by atomic mass is 9.87. The second-order valence-electron chi connectivity index (χ2n) is 5.33. The molecule has 3 heteroatoms. The third kappa shape index (κ3) is 3.49. The molecule has 1 aromatic rings. The Morgan fingerprint density at radius 1 is 1.28 bits per heavy atom. The minimum absolute atomic E-state index is 0.0102. The first kappa shape index (κ1) is 12.9. The summed E-state index contributed by atoms with van der Waals surface area (Å²) in [6.07, 6.45) is 4.81. The highest BCUT2D eigenvalue weighted by molar-refractivity contribution is 5.79. The van der Waals surface area contributed by atoms with Gasteiger partial charge in [-0.2, -0.15) is 0 Å². The number of phenolic OH excluding ortho intramolecular Hbond substituents is 1. The van der Waals surface area contributed by atoms with E-state index in [1.807, 2.05) is 6.07 Å². The number of hydrogen-bond donors (Lipinski definition) is 2. The van der Waals surface area contributed by atoms with E-state index in [4.69, 9.17) is 0 Å². The summed E-state index contributed by atoms with van der Waals surface area (Å²) >= 11 is 0. The van der Waals surface area contributed by atoms with Crippen LogP contribution in [0.25, 0.3) is 0 Å². The molecule has 0 aliphatic heterocycles. The van der Waals surface area contributed by atoms with Crippen LogP contribution in [-0.4, -0.2) is 17.1 Å². The molecule has 2 N–H and O–H groups in total. The molecule has 1 saturated carbocycles. The Balaban J connectivity index is 1.84. The zero-order valence-corrected chi connectivity index (χ0v) is 10.9. The van der Waals surface area contributed by atoms with Crippen LogP contribution in [0.2, 0.25) is 0 Å². The maximum absolute atomic E-state index is 11.9. The second-order valence-corrected chi connectivity index (χ2v) is 5.33. The summed E-state index contributed by atoms with van der Waals surface area (Å²) in [5.41, 5.74) is 0.694. The van der Waals surface area contributed by atoms with Gasteiger partial charge < -0.3 is 10.4 Å². The molecule has 0 unspecified atom stereocenters. The van der Waals surface area contributed by atoms with Crippen LogP contribution in [0.5, 0.6) is 5.75 Å². The fourth-order valence-corrected chi connectivity index (χ4v) is 2.52. The zero-order valence-electron chi connectivity index (χ0n) is 10.9. The molecular weight excluding hydrogens is 226 g/mol. The predicted octanol–water partition coefficient (Wildman–Crippen LogP) is 2.63. The summed E-state index contributed by atoms with van der Waals surface area (Å²) in [5.74, 6) is 0.997. The van der Waals surface area contributed by atoms with E-state index in [1.165, 1.54) is 12.8 Å². The van der Waals surface area contributed by atoms with E-state index in [2.05, 4.69) is 12.2 Å². The Kier molecular flexibility index (Phi) is 4.24. The lowest BCUT2D eigenvalue weighted by Gasteiger charge is -2.26. The monoisotopic (exact) mass is 247 g/mol. The molecule has 0 aromatic heterocycles. The van der Waals surface area contributed by atoms with Gasteiger partial charge >= 0.3 is 0 Å². The first-order valence-electron chi connectivity index (χ1n) is 6.71. The maximum atomic E-state index is 11.9. The van der Waals surface area contributed by atoms with Crippen molar-refractivity contribution in [3.8, 4) is 5.75 Å². The van der Waals surface area contributed by atoms with Crippen LogP contribution in [0.3, 0.4) is 0 Å². The smallest absolute Gasteiger partial charge is 0.224 e. The Labute approximate surface area is 108 Å². The topological polar surface area (TPSA) is 49.3 Å². The number of nitrogens with one attached hydrogen (secondary N) is 1. The lowest BCUT2D eigenvalue weighted by molar-refractivity contribution is -0.121. The molecule has 2 rings (SSSR count). The van der Waals surface area contributed by atoms with Crippen molar-refractivity contribution in [3.05, 3.63) is 29.8 Å². The molecule has 1 aliphatic rings. The van der Waals surface area contributed by atoms with Gasteiger partial charge in [0, 0.05) is 11.6 Å². The highest BCUT2D eigenvalue weighted by Gasteiger charge is 2.19. The molecule has 1 aromatic carbocycles. The fraction of sp³-hybridized carbons (Fsp3) is 0.533. The Morgan fingerprint density at radius 3 is 2.61 bits per heavy atom.